The fraction of sp³-hybridized carbons (Fsp3) is 0.200. The van der Waals surface area contributed by atoms with Gasteiger partial charge in [0.1, 0.15) is 0 Å². The highest BCUT2D eigenvalue weighted by Gasteiger charge is 2.08. The van der Waals surface area contributed by atoms with Crippen LogP contribution in [-0.4, -0.2) is 32.4 Å². The van der Waals surface area contributed by atoms with E-state index in [1.165, 1.54) is 12.4 Å². The smallest absolute Gasteiger partial charge is 0.252 e. The summed E-state index contributed by atoms with van der Waals surface area (Å²) in [6, 6.07) is 1.58. The number of halogens is 1. The second kappa shape index (κ2) is 5.40. The average molecular weight is 252 g/mol. The van der Waals surface area contributed by atoms with E-state index in [0.29, 0.717) is 23.7 Å². The molecule has 0 aliphatic carbocycles. The summed E-state index contributed by atoms with van der Waals surface area (Å²) in [5.74, 6) is -0.225. The number of aromatic nitrogens is 4. The molecule has 0 saturated carbocycles. The van der Waals surface area contributed by atoms with Crippen LogP contribution in [0, 0.1) is 0 Å². The summed E-state index contributed by atoms with van der Waals surface area (Å²) in [6.45, 7) is 1.02. The Labute approximate surface area is 103 Å². The van der Waals surface area contributed by atoms with E-state index in [1.807, 2.05) is 0 Å². The molecule has 0 saturated heterocycles. The number of nitrogens with zero attached hydrogens (tertiary/aromatic N) is 4. The Balaban J connectivity index is 1.88. The molecule has 0 aliphatic rings. The zero-order chi connectivity index (χ0) is 12.1. The van der Waals surface area contributed by atoms with Crippen molar-refractivity contribution in [3.8, 4) is 0 Å². The van der Waals surface area contributed by atoms with Gasteiger partial charge in [-0.2, -0.15) is 0 Å². The molecule has 0 atom stereocenters. The fourth-order valence-corrected chi connectivity index (χ4v) is 1.50. The van der Waals surface area contributed by atoms with Crippen molar-refractivity contribution >= 4 is 17.5 Å². The molecule has 1 N–H and O–H groups in total. The van der Waals surface area contributed by atoms with Crippen molar-refractivity contribution in [1.82, 2.24) is 25.3 Å². The highest BCUT2D eigenvalue weighted by Crippen LogP contribution is 2.12. The second-order valence-corrected chi connectivity index (χ2v) is 3.68. The molecule has 2 heterocycles. The van der Waals surface area contributed by atoms with Gasteiger partial charge in [0, 0.05) is 25.1 Å². The Morgan fingerprint density at radius 3 is 3.06 bits per heavy atom. The third-order valence-electron chi connectivity index (χ3n) is 2.12. The summed E-state index contributed by atoms with van der Waals surface area (Å²) in [7, 11) is 0. The monoisotopic (exact) mass is 251 g/mol. The third kappa shape index (κ3) is 3.01. The van der Waals surface area contributed by atoms with Crippen molar-refractivity contribution in [3.63, 3.8) is 0 Å². The fourth-order valence-electron chi connectivity index (χ4n) is 1.29. The molecule has 0 fully saturated rings. The van der Waals surface area contributed by atoms with Gasteiger partial charge in [0.25, 0.3) is 5.91 Å². The third-order valence-corrected chi connectivity index (χ3v) is 2.42. The van der Waals surface area contributed by atoms with Crippen LogP contribution in [0.15, 0.2) is 30.9 Å². The van der Waals surface area contributed by atoms with Crippen LogP contribution in [0.3, 0.4) is 0 Å². The van der Waals surface area contributed by atoms with Crippen molar-refractivity contribution in [3.05, 3.63) is 41.4 Å². The SMILES string of the molecule is O=C(NCCn1ccnn1)c1ccncc1Cl. The van der Waals surface area contributed by atoms with E-state index in [4.69, 9.17) is 11.6 Å². The minimum atomic E-state index is -0.225. The van der Waals surface area contributed by atoms with Crippen LogP contribution in [0.2, 0.25) is 5.02 Å². The van der Waals surface area contributed by atoms with Crippen LogP contribution in [-0.2, 0) is 6.54 Å². The standard InChI is InChI=1S/C10H10ClN5O/c11-9-7-12-2-1-8(9)10(17)13-3-5-16-6-4-14-15-16/h1-2,4,6-7H,3,5H2,(H,13,17). The lowest BCUT2D eigenvalue weighted by Gasteiger charge is -2.05. The van der Waals surface area contributed by atoms with Gasteiger partial charge in [0.15, 0.2) is 0 Å². The van der Waals surface area contributed by atoms with Gasteiger partial charge in [0.05, 0.1) is 23.3 Å². The summed E-state index contributed by atoms with van der Waals surface area (Å²) in [4.78, 5) is 15.5. The van der Waals surface area contributed by atoms with Crippen molar-refractivity contribution in [1.29, 1.82) is 0 Å². The maximum absolute atomic E-state index is 11.7. The molecular formula is C10H10ClN5O. The van der Waals surface area contributed by atoms with Crippen molar-refractivity contribution in [2.45, 2.75) is 6.54 Å². The molecule has 6 nitrogen and oxygen atoms in total. The minimum absolute atomic E-state index is 0.225. The molecule has 0 radical (unpaired) electrons. The Morgan fingerprint density at radius 1 is 1.47 bits per heavy atom. The van der Waals surface area contributed by atoms with Gasteiger partial charge in [0.2, 0.25) is 0 Å². The summed E-state index contributed by atoms with van der Waals surface area (Å²) in [5, 5.41) is 10.5. The molecule has 2 aromatic heterocycles. The van der Waals surface area contributed by atoms with Crippen LogP contribution in [0.5, 0.6) is 0 Å². The molecule has 88 valence electrons. The molecule has 0 unspecified atom stereocenters. The zero-order valence-corrected chi connectivity index (χ0v) is 9.63. The van der Waals surface area contributed by atoms with Crippen molar-refractivity contribution in [2.24, 2.45) is 0 Å². The van der Waals surface area contributed by atoms with Crippen LogP contribution in [0.1, 0.15) is 10.4 Å². The Morgan fingerprint density at radius 2 is 2.35 bits per heavy atom. The second-order valence-electron chi connectivity index (χ2n) is 3.28. The van der Waals surface area contributed by atoms with Crippen molar-refractivity contribution < 1.29 is 4.79 Å². The number of nitrogens with one attached hydrogen (secondary N) is 1. The lowest BCUT2D eigenvalue weighted by molar-refractivity contribution is 0.0952. The molecule has 2 aromatic rings. The molecule has 0 spiro atoms. The van der Waals surface area contributed by atoms with Gasteiger partial charge in [-0.15, -0.1) is 5.10 Å². The van der Waals surface area contributed by atoms with Gasteiger partial charge in [-0.05, 0) is 6.07 Å². The highest BCUT2D eigenvalue weighted by atomic mass is 35.5. The van der Waals surface area contributed by atoms with E-state index in [1.54, 1.807) is 23.1 Å². The number of pyridine rings is 1. The lowest BCUT2D eigenvalue weighted by Crippen LogP contribution is -2.27. The summed E-state index contributed by atoms with van der Waals surface area (Å²) >= 11 is 5.85. The van der Waals surface area contributed by atoms with Gasteiger partial charge in [-0.3, -0.25) is 14.5 Å². The van der Waals surface area contributed by atoms with E-state index in [9.17, 15) is 4.79 Å². The number of carbonyl (C=O) groups excluding carboxylic acids is 1. The van der Waals surface area contributed by atoms with Gasteiger partial charge in [-0.1, -0.05) is 16.8 Å². The molecule has 0 bridgehead atoms. The van der Waals surface area contributed by atoms with Crippen LogP contribution >= 0.6 is 11.6 Å². The Kier molecular flexibility index (Phi) is 3.66. The first-order chi connectivity index (χ1) is 8.27. The van der Waals surface area contributed by atoms with Gasteiger partial charge < -0.3 is 5.32 Å². The van der Waals surface area contributed by atoms with E-state index in [-0.39, 0.29) is 5.91 Å². The maximum atomic E-state index is 11.7. The quantitative estimate of drug-likeness (QED) is 0.871. The molecule has 1 amide bonds. The van der Waals surface area contributed by atoms with E-state index in [2.05, 4.69) is 20.6 Å². The summed E-state index contributed by atoms with van der Waals surface area (Å²) in [6.07, 6.45) is 6.28. The molecule has 0 aliphatic heterocycles. The molecule has 0 aromatic carbocycles. The number of hydrogen-bond donors (Lipinski definition) is 1. The molecular weight excluding hydrogens is 242 g/mol. The Hall–Kier alpha value is -1.95. The number of hydrogen-bond acceptors (Lipinski definition) is 4. The largest absolute Gasteiger partial charge is 0.350 e. The summed E-state index contributed by atoms with van der Waals surface area (Å²) in [5.41, 5.74) is 0.417. The number of carbonyl (C=O) groups is 1. The first kappa shape index (κ1) is 11.5. The Bertz CT molecular complexity index is 499. The van der Waals surface area contributed by atoms with Gasteiger partial charge in [-0.25, -0.2) is 0 Å². The predicted octanol–water partition coefficient (Wildman–Crippen LogP) is 0.756. The number of amides is 1. The van der Waals surface area contributed by atoms with Crippen LogP contribution in [0.25, 0.3) is 0 Å². The first-order valence-corrected chi connectivity index (χ1v) is 5.37. The average Bonchev–Trinajstić information content (AvgIpc) is 2.82. The van der Waals surface area contributed by atoms with Crippen LogP contribution < -0.4 is 5.32 Å². The molecule has 7 heteroatoms. The minimum Gasteiger partial charge on any atom is -0.350 e. The van der Waals surface area contributed by atoms with E-state index >= 15 is 0 Å². The first-order valence-electron chi connectivity index (χ1n) is 4.99. The molecule has 17 heavy (non-hydrogen) atoms. The molecule has 2 rings (SSSR count). The van der Waals surface area contributed by atoms with E-state index in [0.717, 1.165) is 0 Å². The number of rotatable bonds is 4. The lowest BCUT2D eigenvalue weighted by atomic mass is 10.2. The zero-order valence-electron chi connectivity index (χ0n) is 8.88. The predicted molar refractivity (Wildman–Crippen MR) is 61.6 cm³/mol. The van der Waals surface area contributed by atoms with Gasteiger partial charge >= 0.3 is 0 Å². The normalized spacial score (nSPS) is 10.2. The highest BCUT2D eigenvalue weighted by molar-refractivity contribution is 6.33. The topological polar surface area (TPSA) is 72.7 Å². The van der Waals surface area contributed by atoms with E-state index < -0.39 is 0 Å². The summed E-state index contributed by atoms with van der Waals surface area (Å²) < 4.78 is 1.63. The van der Waals surface area contributed by atoms with Crippen LogP contribution in [0.4, 0.5) is 0 Å². The van der Waals surface area contributed by atoms with Crippen molar-refractivity contribution in [2.75, 3.05) is 6.54 Å². The maximum Gasteiger partial charge on any atom is 0.252 e.